The molecule has 0 fully saturated rings. The molecule has 2 aromatic heterocycles. The molecular formula is C27H25N3O4. The van der Waals surface area contributed by atoms with Gasteiger partial charge in [-0.3, -0.25) is 14.2 Å². The Morgan fingerprint density at radius 3 is 2.06 bits per heavy atom. The van der Waals surface area contributed by atoms with E-state index in [1.54, 1.807) is 53.4 Å². The summed E-state index contributed by atoms with van der Waals surface area (Å²) in [4.78, 5) is 39.7. The molecule has 4 aromatic rings. The molecule has 0 aliphatic carbocycles. The molecule has 2 heterocycles. The van der Waals surface area contributed by atoms with Crippen LogP contribution in [-0.2, 0) is 14.1 Å². The maximum Gasteiger partial charge on any atom is 0.329 e. The van der Waals surface area contributed by atoms with Gasteiger partial charge in [0.1, 0.15) is 0 Å². The summed E-state index contributed by atoms with van der Waals surface area (Å²) in [7, 11) is 2.67. The van der Waals surface area contributed by atoms with Crippen molar-refractivity contribution in [3.63, 3.8) is 0 Å². The number of nitrogens with zero attached hydrogens (tertiary/aromatic N) is 3. The van der Waals surface area contributed by atoms with Crippen molar-refractivity contribution in [2.45, 2.75) is 18.9 Å². The van der Waals surface area contributed by atoms with E-state index in [2.05, 4.69) is 0 Å². The van der Waals surface area contributed by atoms with Crippen LogP contribution in [0.1, 0.15) is 39.0 Å². The van der Waals surface area contributed by atoms with E-state index in [0.717, 1.165) is 14.7 Å². The number of carbonyl (C=O) groups is 1. The highest BCUT2D eigenvalue weighted by Gasteiger charge is 2.41. The van der Waals surface area contributed by atoms with Crippen LogP contribution in [0.3, 0.4) is 0 Å². The molecule has 4 rings (SSSR count). The Morgan fingerprint density at radius 2 is 1.44 bits per heavy atom. The van der Waals surface area contributed by atoms with Crippen molar-refractivity contribution >= 4 is 5.78 Å². The molecule has 0 saturated carbocycles. The number of pyridine rings is 1. The van der Waals surface area contributed by atoms with E-state index in [9.17, 15) is 19.5 Å². The molecule has 0 aliphatic heterocycles. The normalized spacial score (nSPS) is 12.8. The lowest BCUT2D eigenvalue weighted by Gasteiger charge is -2.28. The van der Waals surface area contributed by atoms with Crippen molar-refractivity contribution in [1.82, 2.24) is 9.13 Å². The van der Waals surface area contributed by atoms with Crippen LogP contribution in [0.2, 0.25) is 0 Å². The summed E-state index contributed by atoms with van der Waals surface area (Å²) in [6.07, 6.45) is 3.48. The Balaban J connectivity index is 2.08. The quantitative estimate of drug-likeness (QED) is 0.329. The smallest absolute Gasteiger partial charge is 0.329 e. The Hall–Kier alpha value is -4.26. The first-order valence-corrected chi connectivity index (χ1v) is 10.9. The fourth-order valence-electron chi connectivity index (χ4n) is 4.23. The standard InChI is InChI=1S/C27H25N3O4/c1-18-12-14-19(15-13-18)21(22-25(32)28(2)27(34)29(3)26(22)33)23(30-16-8-5-9-17-30)24(31)20-10-6-4-7-11-20/h4-17,21,23H,1-3H3. The molecule has 0 N–H and O–H groups in total. The molecule has 0 spiro atoms. The Morgan fingerprint density at radius 1 is 0.853 bits per heavy atom. The van der Waals surface area contributed by atoms with E-state index in [1.807, 2.05) is 43.3 Å². The summed E-state index contributed by atoms with van der Waals surface area (Å²) in [5.41, 5.74) is 0.538. The summed E-state index contributed by atoms with van der Waals surface area (Å²) >= 11 is 0. The summed E-state index contributed by atoms with van der Waals surface area (Å²) in [6, 6.07) is 20.6. The van der Waals surface area contributed by atoms with Gasteiger partial charge in [-0.25, -0.2) is 4.79 Å². The second-order valence-corrected chi connectivity index (χ2v) is 8.31. The van der Waals surface area contributed by atoms with Crippen molar-refractivity contribution in [2.24, 2.45) is 14.1 Å². The van der Waals surface area contributed by atoms with Gasteiger partial charge in [-0.1, -0.05) is 66.2 Å². The first-order valence-electron chi connectivity index (χ1n) is 10.9. The SMILES string of the molecule is Cc1ccc(C(c2c([O-])n(C)c(=O)n(C)c2=O)C(C(=O)c2ccccc2)[n+]2ccccc2)cc1. The molecule has 2 atom stereocenters. The zero-order valence-corrected chi connectivity index (χ0v) is 19.2. The number of benzene rings is 2. The van der Waals surface area contributed by atoms with Gasteiger partial charge in [-0.2, -0.15) is 4.57 Å². The van der Waals surface area contributed by atoms with Gasteiger partial charge in [0.2, 0.25) is 11.8 Å². The van der Waals surface area contributed by atoms with Crippen molar-refractivity contribution in [3.8, 4) is 5.88 Å². The maximum absolute atomic E-state index is 14.0. The number of aromatic nitrogens is 3. The highest BCUT2D eigenvalue weighted by atomic mass is 16.3. The van der Waals surface area contributed by atoms with E-state index >= 15 is 0 Å². The number of Topliss-reactive ketones (excluding diaryl/α,β-unsaturated/α-hetero) is 1. The molecule has 7 heteroatoms. The van der Waals surface area contributed by atoms with Crippen LogP contribution in [0.15, 0.2) is 94.8 Å². The largest absolute Gasteiger partial charge is 0.860 e. The lowest BCUT2D eigenvalue weighted by atomic mass is 9.81. The molecule has 172 valence electrons. The third kappa shape index (κ3) is 4.08. The maximum atomic E-state index is 14.0. The predicted octanol–water partition coefficient (Wildman–Crippen LogP) is 2.01. The Labute approximate surface area is 196 Å². The first-order chi connectivity index (χ1) is 16.3. The number of carbonyl (C=O) groups excluding carboxylic acids is 1. The van der Waals surface area contributed by atoms with Gasteiger partial charge in [0, 0.05) is 37.4 Å². The van der Waals surface area contributed by atoms with Crippen LogP contribution in [0.5, 0.6) is 5.88 Å². The minimum Gasteiger partial charge on any atom is -0.860 e. The second kappa shape index (κ2) is 9.31. The Bertz CT molecular complexity index is 1440. The molecule has 2 unspecified atom stereocenters. The van der Waals surface area contributed by atoms with Crippen LogP contribution < -0.4 is 20.9 Å². The predicted molar refractivity (Wildman–Crippen MR) is 126 cm³/mol. The summed E-state index contributed by atoms with van der Waals surface area (Å²) in [5, 5.41) is 13.4. The molecule has 0 radical (unpaired) electrons. The average molecular weight is 456 g/mol. The molecule has 0 saturated heterocycles. The van der Waals surface area contributed by atoms with Gasteiger partial charge >= 0.3 is 5.69 Å². The Kier molecular flexibility index (Phi) is 6.27. The monoisotopic (exact) mass is 455 g/mol. The summed E-state index contributed by atoms with van der Waals surface area (Å²) in [6.45, 7) is 1.93. The van der Waals surface area contributed by atoms with Crippen LogP contribution in [0, 0.1) is 6.92 Å². The third-order valence-electron chi connectivity index (χ3n) is 6.09. The zero-order chi connectivity index (χ0) is 24.4. The van der Waals surface area contributed by atoms with Crippen molar-refractivity contribution in [3.05, 3.63) is 128 Å². The van der Waals surface area contributed by atoms with Gasteiger partial charge in [-0.05, 0) is 18.4 Å². The average Bonchev–Trinajstić information content (AvgIpc) is 2.87. The van der Waals surface area contributed by atoms with E-state index < -0.39 is 29.1 Å². The highest BCUT2D eigenvalue weighted by molar-refractivity contribution is 5.98. The van der Waals surface area contributed by atoms with Crippen LogP contribution in [0.4, 0.5) is 0 Å². The molecule has 0 bridgehead atoms. The number of rotatable bonds is 6. The van der Waals surface area contributed by atoms with Crippen molar-refractivity contribution < 1.29 is 14.5 Å². The van der Waals surface area contributed by atoms with E-state index in [-0.39, 0.29) is 11.3 Å². The molecule has 0 amide bonds. The minimum atomic E-state index is -0.941. The summed E-state index contributed by atoms with van der Waals surface area (Å²) < 4.78 is 3.54. The molecular weight excluding hydrogens is 430 g/mol. The van der Waals surface area contributed by atoms with E-state index in [1.165, 1.54) is 14.1 Å². The first kappa shape index (κ1) is 22.9. The number of hydrogen-bond donors (Lipinski definition) is 0. The molecule has 7 nitrogen and oxygen atoms in total. The molecule has 0 aliphatic rings. The van der Waals surface area contributed by atoms with Crippen LogP contribution >= 0.6 is 0 Å². The van der Waals surface area contributed by atoms with E-state index in [4.69, 9.17) is 0 Å². The van der Waals surface area contributed by atoms with Gasteiger partial charge in [0.15, 0.2) is 12.4 Å². The zero-order valence-electron chi connectivity index (χ0n) is 19.2. The third-order valence-corrected chi connectivity index (χ3v) is 6.09. The van der Waals surface area contributed by atoms with Gasteiger partial charge in [0.25, 0.3) is 5.56 Å². The molecule has 34 heavy (non-hydrogen) atoms. The topological polar surface area (TPSA) is 88.0 Å². The van der Waals surface area contributed by atoms with Gasteiger partial charge in [0.05, 0.1) is 5.92 Å². The van der Waals surface area contributed by atoms with E-state index in [0.29, 0.717) is 11.1 Å². The molecule has 2 aromatic carbocycles. The van der Waals surface area contributed by atoms with Crippen molar-refractivity contribution in [1.29, 1.82) is 0 Å². The number of hydrogen-bond acceptors (Lipinski definition) is 4. The van der Waals surface area contributed by atoms with Crippen molar-refractivity contribution in [2.75, 3.05) is 0 Å². The van der Waals surface area contributed by atoms with Gasteiger partial charge < -0.3 is 9.67 Å². The summed E-state index contributed by atoms with van der Waals surface area (Å²) in [5.74, 6) is -1.89. The highest BCUT2D eigenvalue weighted by Crippen LogP contribution is 2.36. The van der Waals surface area contributed by atoms with Crippen LogP contribution in [0.25, 0.3) is 0 Å². The lowest BCUT2D eigenvalue weighted by Crippen LogP contribution is -2.50. The fraction of sp³-hybridized carbons (Fsp3) is 0.185. The number of aryl methyl sites for hydroxylation is 1. The lowest BCUT2D eigenvalue weighted by molar-refractivity contribution is -0.710. The number of ketones is 1. The fourth-order valence-corrected chi connectivity index (χ4v) is 4.23. The van der Waals surface area contributed by atoms with Gasteiger partial charge in [-0.15, -0.1) is 0 Å². The van der Waals surface area contributed by atoms with Crippen LogP contribution in [-0.4, -0.2) is 14.9 Å². The second-order valence-electron chi connectivity index (χ2n) is 8.31. The minimum absolute atomic E-state index is 0.126.